The second kappa shape index (κ2) is 8.10. The number of nitrogens with one attached hydrogen (secondary N) is 1. The van der Waals surface area contributed by atoms with Crippen molar-refractivity contribution in [3.8, 4) is 0 Å². The van der Waals surface area contributed by atoms with Crippen molar-refractivity contribution in [1.29, 1.82) is 0 Å². The Morgan fingerprint density at radius 1 is 1.35 bits per heavy atom. The van der Waals surface area contributed by atoms with Crippen LogP contribution in [0.5, 0.6) is 0 Å². The highest BCUT2D eigenvalue weighted by Gasteiger charge is 2.40. The molecule has 136 valence electrons. The molecule has 8 nitrogen and oxygen atoms in total. The number of halogens is 3. The molecule has 7 N–H and O–H groups in total. The zero-order chi connectivity index (χ0) is 17.8. The van der Waals surface area contributed by atoms with Crippen molar-refractivity contribution in [1.82, 2.24) is 9.03 Å². The van der Waals surface area contributed by atoms with Crippen LogP contribution in [0.15, 0.2) is 0 Å². The number of hydrogen-bond acceptors (Lipinski definition) is 6. The van der Waals surface area contributed by atoms with E-state index in [2.05, 4.69) is 0 Å². The van der Waals surface area contributed by atoms with E-state index in [9.17, 15) is 21.6 Å². The van der Waals surface area contributed by atoms with Gasteiger partial charge in [0.2, 0.25) is 0 Å². The molecular formula is C10H22BF3N4O4S. The second-order valence-electron chi connectivity index (χ2n) is 5.65. The Hall–Kier alpha value is -0.435. The standard InChI is InChI=1S/C10H22BF3N4O4S/c12-10(13,14)9(16)4-17-23(21,22)18-5-7(8(15)6-18)2-1-3-11(19)20/h7-9,17,19-20H,1-6,15-16H2/t7-,8-,9-/m0/s1. The van der Waals surface area contributed by atoms with E-state index in [1.807, 2.05) is 4.72 Å². The van der Waals surface area contributed by atoms with E-state index in [0.29, 0.717) is 12.8 Å². The van der Waals surface area contributed by atoms with Gasteiger partial charge < -0.3 is 21.5 Å². The summed E-state index contributed by atoms with van der Waals surface area (Å²) < 4.78 is 63.7. The zero-order valence-electron chi connectivity index (χ0n) is 12.4. The zero-order valence-corrected chi connectivity index (χ0v) is 13.2. The number of nitrogens with two attached hydrogens (primary N) is 2. The molecule has 1 saturated heterocycles. The average molecular weight is 362 g/mol. The van der Waals surface area contributed by atoms with Crippen LogP contribution < -0.4 is 16.2 Å². The Kier molecular flexibility index (Phi) is 7.25. The predicted octanol–water partition coefficient (Wildman–Crippen LogP) is -1.78. The molecule has 0 aromatic rings. The van der Waals surface area contributed by atoms with Gasteiger partial charge in [0, 0.05) is 25.7 Å². The Bertz CT molecular complexity index is 479. The molecule has 0 aromatic heterocycles. The molecule has 0 aromatic carbocycles. The molecule has 0 saturated carbocycles. The van der Waals surface area contributed by atoms with Crippen LogP contribution in [0, 0.1) is 5.92 Å². The molecule has 3 atom stereocenters. The van der Waals surface area contributed by atoms with E-state index in [4.69, 9.17) is 21.5 Å². The summed E-state index contributed by atoms with van der Waals surface area (Å²) in [6.45, 7) is -0.888. The van der Waals surface area contributed by atoms with Gasteiger partial charge in [0.05, 0.1) is 0 Å². The summed E-state index contributed by atoms with van der Waals surface area (Å²) in [7, 11) is -5.53. The van der Waals surface area contributed by atoms with Gasteiger partial charge in [-0.25, -0.2) is 4.72 Å². The minimum Gasteiger partial charge on any atom is -0.427 e. The van der Waals surface area contributed by atoms with Crippen molar-refractivity contribution in [2.24, 2.45) is 17.4 Å². The van der Waals surface area contributed by atoms with Crippen LogP contribution in [0.2, 0.25) is 6.32 Å². The molecule has 1 rings (SSSR count). The topological polar surface area (TPSA) is 142 Å². The summed E-state index contributed by atoms with van der Waals surface area (Å²) in [4.78, 5) is 0. The van der Waals surface area contributed by atoms with E-state index in [1.165, 1.54) is 0 Å². The minimum atomic E-state index is -4.68. The van der Waals surface area contributed by atoms with Crippen molar-refractivity contribution in [3.63, 3.8) is 0 Å². The predicted molar refractivity (Wildman–Crippen MR) is 78.2 cm³/mol. The van der Waals surface area contributed by atoms with E-state index >= 15 is 0 Å². The highest BCUT2D eigenvalue weighted by molar-refractivity contribution is 7.87. The Balaban J connectivity index is 2.52. The first kappa shape index (κ1) is 20.6. The monoisotopic (exact) mass is 362 g/mol. The molecule has 0 unspecified atom stereocenters. The molecule has 23 heavy (non-hydrogen) atoms. The number of rotatable bonds is 8. The maximum Gasteiger partial charge on any atom is 0.451 e. The molecule has 1 fully saturated rings. The molecule has 1 aliphatic rings. The first-order valence-corrected chi connectivity index (χ1v) is 8.56. The smallest absolute Gasteiger partial charge is 0.427 e. The summed E-state index contributed by atoms with van der Waals surface area (Å²) in [5, 5.41) is 17.5. The van der Waals surface area contributed by atoms with Crippen LogP contribution in [-0.4, -0.2) is 67.8 Å². The van der Waals surface area contributed by atoms with Crippen LogP contribution in [-0.2, 0) is 10.2 Å². The summed E-state index contributed by atoms with van der Waals surface area (Å²) >= 11 is 0. The van der Waals surface area contributed by atoms with Gasteiger partial charge in [-0.2, -0.15) is 25.9 Å². The van der Waals surface area contributed by atoms with Gasteiger partial charge in [-0.15, -0.1) is 0 Å². The normalized spacial score (nSPS) is 24.8. The van der Waals surface area contributed by atoms with E-state index in [0.717, 1.165) is 4.31 Å². The van der Waals surface area contributed by atoms with Crippen LogP contribution in [0.25, 0.3) is 0 Å². The molecule has 0 spiro atoms. The third-order valence-electron chi connectivity index (χ3n) is 3.74. The minimum absolute atomic E-state index is 0.0110. The third kappa shape index (κ3) is 6.53. The van der Waals surface area contributed by atoms with Crippen LogP contribution in [0.3, 0.4) is 0 Å². The molecule has 0 bridgehead atoms. The first-order chi connectivity index (χ1) is 10.4. The van der Waals surface area contributed by atoms with E-state index < -0.39 is 42.1 Å². The Labute approximate surface area is 133 Å². The Morgan fingerprint density at radius 3 is 2.48 bits per heavy atom. The SMILES string of the molecule is N[C@H]1CN(S(=O)(=O)NC[C@H](N)C(F)(F)F)C[C@@H]1CCCB(O)O. The van der Waals surface area contributed by atoms with Gasteiger partial charge in [-0.1, -0.05) is 6.42 Å². The highest BCUT2D eigenvalue weighted by atomic mass is 32.2. The van der Waals surface area contributed by atoms with Crippen LogP contribution in [0.1, 0.15) is 12.8 Å². The lowest BCUT2D eigenvalue weighted by molar-refractivity contribution is -0.145. The van der Waals surface area contributed by atoms with Gasteiger partial charge in [0.1, 0.15) is 6.04 Å². The van der Waals surface area contributed by atoms with Gasteiger partial charge in [-0.3, -0.25) is 0 Å². The van der Waals surface area contributed by atoms with Crippen LogP contribution in [0.4, 0.5) is 13.2 Å². The fraction of sp³-hybridized carbons (Fsp3) is 1.00. The summed E-state index contributed by atoms with van der Waals surface area (Å²) in [5.74, 6) is -0.193. The van der Waals surface area contributed by atoms with E-state index in [-0.39, 0.29) is 25.3 Å². The molecule has 1 aliphatic heterocycles. The fourth-order valence-corrected chi connectivity index (χ4v) is 3.65. The molecule has 0 aliphatic carbocycles. The van der Waals surface area contributed by atoms with Gasteiger partial charge in [-0.05, 0) is 18.7 Å². The van der Waals surface area contributed by atoms with Crippen molar-refractivity contribution in [3.05, 3.63) is 0 Å². The Morgan fingerprint density at radius 2 is 1.96 bits per heavy atom. The molecule has 0 radical (unpaired) electrons. The van der Waals surface area contributed by atoms with Crippen molar-refractivity contribution >= 4 is 17.3 Å². The highest BCUT2D eigenvalue weighted by Crippen LogP contribution is 2.23. The molecular weight excluding hydrogens is 340 g/mol. The summed E-state index contributed by atoms with van der Waals surface area (Å²) in [6.07, 6.45) is -3.59. The lowest BCUT2D eigenvalue weighted by Crippen LogP contribution is -2.50. The largest absolute Gasteiger partial charge is 0.451 e. The quantitative estimate of drug-likeness (QED) is 0.323. The maximum absolute atomic E-state index is 12.3. The maximum atomic E-state index is 12.3. The molecule has 1 heterocycles. The van der Waals surface area contributed by atoms with Gasteiger partial charge in [0.25, 0.3) is 10.2 Å². The number of hydrogen-bond donors (Lipinski definition) is 5. The lowest BCUT2D eigenvalue weighted by atomic mass is 9.82. The second-order valence-corrected chi connectivity index (χ2v) is 7.41. The first-order valence-electron chi connectivity index (χ1n) is 7.12. The average Bonchev–Trinajstić information content (AvgIpc) is 2.77. The molecule has 0 amide bonds. The van der Waals surface area contributed by atoms with Crippen molar-refractivity contribution in [2.75, 3.05) is 19.6 Å². The van der Waals surface area contributed by atoms with Crippen molar-refractivity contribution < 1.29 is 31.6 Å². The number of nitrogens with zero attached hydrogens (tertiary/aromatic N) is 1. The molecule has 13 heteroatoms. The number of alkyl halides is 3. The lowest BCUT2D eigenvalue weighted by Gasteiger charge is -2.20. The van der Waals surface area contributed by atoms with E-state index in [1.54, 1.807) is 0 Å². The third-order valence-corrected chi connectivity index (χ3v) is 5.25. The van der Waals surface area contributed by atoms with Gasteiger partial charge >= 0.3 is 13.3 Å². The van der Waals surface area contributed by atoms with Crippen LogP contribution >= 0.6 is 0 Å². The van der Waals surface area contributed by atoms with Gasteiger partial charge in [0.15, 0.2) is 0 Å². The summed E-state index contributed by atoms with van der Waals surface area (Å²) in [6, 6.07) is -2.74. The fourth-order valence-electron chi connectivity index (χ4n) is 2.32. The summed E-state index contributed by atoms with van der Waals surface area (Å²) in [5.41, 5.74) is 10.7. The van der Waals surface area contributed by atoms with Crippen molar-refractivity contribution in [2.45, 2.75) is 37.4 Å².